The first-order chi connectivity index (χ1) is 10.5. The van der Waals surface area contributed by atoms with E-state index in [-0.39, 0.29) is 24.7 Å². The lowest BCUT2D eigenvalue weighted by Gasteiger charge is -2.04. The Bertz CT molecular complexity index is 716. The number of aromatic nitrogens is 1. The van der Waals surface area contributed by atoms with Crippen molar-refractivity contribution in [2.45, 2.75) is 6.42 Å². The molecule has 1 aromatic carbocycles. The van der Waals surface area contributed by atoms with Crippen molar-refractivity contribution in [2.24, 2.45) is 0 Å². The van der Waals surface area contributed by atoms with Crippen LogP contribution in [0.2, 0.25) is 0 Å². The molecular weight excluding hydrogens is 327 g/mol. The lowest BCUT2D eigenvalue weighted by atomic mass is 10.2. The van der Waals surface area contributed by atoms with Gasteiger partial charge >= 0.3 is 0 Å². The highest BCUT2D eigenvalue weighted by Gasteiger charge is 2.10. The normalized spacial score (nSPS) is 11.7. The van der Waals surface area contributed by atoms with Crippen molar-refractivity contribution >= 4 is 21.4 Å². The molecule has 22 heavy (non-hydrogen) atoms. The largest absolute Gasteiger partial charge is 0.384 e. The summed E-state index contributed by atoms with van der Waals surface area (Å²) in [5, 5.41) is 2.57. The number of benzene rings is 1. The molecule has 120 valence electrons. The number of rotatable bonds is 8. The molecule has 0 saturated heterocycles. The fourth-order valence-corrected chi connectivity index (χ4v) is 3.57. The highest BCUT2D eigenvalue weighted by atomic mass is 32.2. The van der Waals surface area contributed by atoms with Gasteiger partial charge < -0.3 is 4.74 Å². The number of halogens is 1. The van der Waals surface area contributed by atoms with Crippen LogP contribution in [0.15, 0.2) is 29.6 Å². The molecule has 2 rings (SSSR count). The van der Waals surface area contributed by atoms with Crippen molar-refractivity contribution in [2.75, 3.05) is 26.0 Å². The van der Waals surface area contributed by atoms with Crippen LogP contribution < -0.4 is 4.72 Å². The van der Waals surface area contributed by atoms with Gasteiger partial charge in [0.25, 0.3) is 0 Å². The van der Waals surface area contributed by atoms with E-state index >= 15 is 0 Å². The molecule has 0 aliphatic carbocycles. The zero-order chi connectivity index (χ0) is 16.0. The second kappa shape index (κ2) is 7.77. The lowest BCUT2D eigenvalue weighted by Crippen LogP contribution is -2.30. The Balaban J connectivity index is 1.90. The fraction of sp³-hybridized carbons (Fsp3) is 0.357. The van der Waals surface area contributed by atoms with E-state index in [1.54, 1.807) is 12.1 Å². The molecular formula is C14H17FN2O3S2. The first-order valence-corrected chi connectivity index (χ1v) is 9.20. The van der Waals surface area contributed by atoms with Gasteiger partial charge in [0, 0.05) is 31.0 Å². The van der Waals surface area contributed by atoms with E-state index in [4.69, 9.17) is 4.74 Å². The van der Waals surface area contributed by atoms with Gasteiger partial charge in [-0.25, -0.2) is 22.5 Å². The summed E-state index contributed by atoms with van der Waals surface area (Å²) in [6.45, 7) is 0.439. The maximum Gasteiger partial charge on any atom is 0.213 e. The van der Waals surface area contributed by atoms with E-state index in [1.165, 1.54) is 30.6 Å². The zero-order valence-electron chi connectivity index (χ0n) is 12.1. The van der Waals surface area contributed by atoms with E-state index in [9.17, 15) is 12.8 Å². The Hall–Kier alpha value is -1.35. The first-order valence-electron chi connectivity index (χ1n) is 6.67. The summed E-state index contributed by atoms with van der Waals surface area (Å²) in [6, 6.07) is 6.23. The lowest BCUT2D eigenvalue weighted by molar-refractivity contribution is 0.217. The van der Waals surface area contributed by atoms with Gasteiger partial charge in [0.05, 0.1) is 18.1 Å². The molecule has 0 spiro atoms. The minimum atomic E-state index is -3.31. The molecule has 0 radical (unpaired) electrons. The van der Waals surface area contributed by atoms with Crippen LogP contribution in [-0.2, 0) is 21.2 Å². The minimum absolute atomic E-state index is 0.0604. The molecule has 0 amide bonds. The van der Waals surface area contributed by atoms with Gasteiger partial charge in [-0.2, -0.15) is 0 Å². The predicted octanol–water partition coefficient (Wildman–Crippen LogP) is 2.06. The second-order valence-electron chi connectivity index (χ2n) is 4.61. The van der Waals surface area contributed by atoms with E-state index in [1.807, 2.05) is 5.38 Å². The Morgan fingerprint density at radius 1 is 1.41 bits per heavy atom. The van der Waals surface area contributed by atoms with Crippen molar-refractivity contribution in [3.8, 4) is 10.6 Å². The van der Waals surface area contributed by atoms with Crippen molar-refractivity contribution in [3.63, 3.8) is 0 Å². The molecule has 0 aliphatic heterocycles. The molecule has 0 atom stereocenters. The van der Waals surface area contributed by atoms with Gasteiger partial charge in [0.15, 0.2) is 0 Å². The Labute approximate surface area is 133 Å². The van der Waals surface area contributed by atoms with Gasteiger partial charge in [0.2, 0.25) is 10.0 Å². The average Bonchev–Trinajstić information content (AvgIpc) is 2.94. The summed E-state index contributed by atoms with van der Waals surface area (Å²) in [6.07, 6.45) is 0.484. The third kappa shape index (κ3) is 5.13. The van der Waals surface area contributed by atoms with Crippen molar-refractivity contribution in [3.05, 3.63) is 41.2 Å². The summed E-state index contributed by atoms with van der Waals surface area (Å²) < 4.78 is 43.6. The Morgan fingerprint density at radius 2 is 2.23 bits per heavy atom. The quantitative estimate of drug-likeness (QED) is 0.796. The minimum Gasteiger partial charge on any atom is -0.384 e. The summed E-state index contributed by atoms with van der Waals surface area (Å²) in [4.78, 5) is 4.40. The molecule has 5 nitrogen and oxygen atoms in total. The number of sulfonamides is 1. The predicted molar refractivity (Wildman–Crippen MR) is 84.9 cm³/mol. The number of methoxy groups -OCH3 is 1. The van der Waals surface area contributed by atoms with Gasteiger partial charge in [-0.05, 0) is 12.1 Å². The molecule has 8 heteroatoms. The maximum absolute atomic E-state index is 13.2. The topological polar surface area (TPSA) is 68.3 Å². The Morgan fingerprint density at radius 3 is 2.95 bits per heavy atom. The summed E-state index contributed by atoms with van der Waals surface area (Å²) in [5.41, 5.74) is 1.50. The van der Waals surface area contributed by atoms with E-state index in [0.29, 0.717) is 6.42 Å². The van der Waals surface area contributed by atoms with Gasteiger partial charge in [-0.15, -0.1) is 11.3 Å². The van der Waals surface area contributed by atoms with Crippen molar-refractivity contribution < 1.29 is 17.5 Å². The molecule has 2 aromatic rings. The molecule has 0 aliphatic rings. The van der Waals surface area contributed by atoms with E-state index in [2.05, 4.69) is 9.71 Å². The van der Waals surface area contributed by atoms with Gasteiger partial charge in [-0.3, -0.25) is 0 Å². The van der Waals surface area contributed by atoms with Crippen LogP contribution in [0.3, 0.4) is 0 Å². The highest BCUT2D eigenvalue weighted by molar-refractivity contribution is 7.89. The third-order valence-corrected chi connectivity index (χ3v) is 5.17. The van der Waals surface area contributed by atoms with Gasteiger partial charge in [0.1, 0.15) is 10.8 Å². The van der Waals surface area contributed by atoms with E-state index in [0.717, 1.165) is 16.3 Å². The number of nitrogens with one attached hydrogen (secondary N) is 1. The summed E-state index contributed by atoms with van der Waals surface area (Å²) in [5.74, 6) is -0.366. The molecule has 1 N–H and O–H groups in total. The maximum atomic E-state index is 13.2. The van der Waals surface area contributed by atoms with Crippen LogP contribution in [0.5, 0.6) is 0 Å². The average molecular weight is 344 g/mol. The van der Waals surface area contributed by atoms with E-state index < -0.39 is 10.0 Å². The molecule has 0 saturated carbocycles. The number of ether oxygens (including phenoxy) is 1. The highest BCUT2D eigenvalue weighted by Crippen LogP contribution is 2.24. The van der Waals surface area contributed by atoms with Crippen molar-refractivity contribution in [1.82, 2.24) is 9.71 Å². The standard InChI is InChI=1S/C14H17FN2O3S2/c1-20-7-8-22(18,19)16-6-5-13-10-21-14(17-13)11-3-2-4-12(15)9-11/h2-4,9-10,16H,5-8H2,1H3. The zero-order valence-corrected chi connectivity index (χ0v) is 13.7. The van der Waals surface area contributed by atoms with Gasteiger partial charge in [-0.1, -0.05) is 12.1 Å². The van der Waals surface area contributed by atoms with Crippen LogP contribution in [0.25, 0.3) is 10.6 Å². The Kier molecular flexibility index (Phi) is 6.01. The van der Waals surface area contributed by atoms with Crippen LogP contribution in [0.1, 0.15) is 5.69 Å². The van der Waals surface area contributed by atoms with Crippen LogP contribution in [0.4, 0.5) is 4.39 Å². The number of thiazole rings is 1. The second-order valence-corrected chi connectivity index (χ2v) is 7.39. The molecule has 0 unspecified atom stereocenters. The number of hydrogen-bond donors (Lipinski definition) is 1. The molecule has 1 heterocycles. The first kappa shape index (κ1) is 17.0. The molecule has 0 bridgehead atoms. The monoisotopic (exact) mass is 344 g/mol. The summed E-state index contributed by atoms with van der Waals surface area (Å²) in [7, 11) is -1.86. The number of nitrogens with zero attached hydrogens (tertiary/aromatic N) is 1. The van der Waals surface area contributed by atoms with Crippen LogP contribution >= 0.6 is 11.3 Å². The molecule has 1 aromatic heterocycles. The smallest absolute Gasteiger partial charge is 0.213 e. The third-order valence-electron chi connectivity index (χ3n) is 2.88. The van der Waals surface area contributed by atoms with Crippen molar-refractivity contribution in [1.29, 1.82) is 0 Å². The SMILES string of the molecule is COCCS(=O)(=O)NCCc1csc(-c2cccc(F)c2)n1. The van der Waals surface area contributed by atoms with Crippen LogP contribution in [0, 0.1) is 5.82 Å². The fourth-order valence-electron chi connectivity index (χ4n) is 1.78. The van der Waals surface area contributed by atoms with Crippen LogP contribution in [-0.4, -0.2) is 39.4 Å². The molecule has 0 fully saturated rings. The summed E-state index contributed by atoms with van der Waals surface area (Å²) >= 11 is 1.41. The number of hydrogen-bond acceptors (Lipinski definition) is 5.